The highest BCUT2D eigenvalue weighted by Gasteiger charge is 2.46. The van der Waals surface area contributed by atoms with E-state index in [1.165, 1.54) is 51.4 Å². The van der Waals surface area contributed by atoms with Crippen LogP contribution >= 0.6 is 0 Å². The Morgan fingerprint density at radius 3 is 2.25 bits per heavy atom. The maximum Gasteiger partial charge on any atom is 0.0126 e. The van der Waals surface area contributed by atoms with E-state index in [1.54, 1.807) is 0 Å². The van der Waals surface area contributed by atoms with Crippen molar-refractivity contribution in [2.45, 2.75) is 84.2 Å². The van der Waals surface area contributed by atoms with Crippen molar-refractivity contribution in [3.63, 3.8) is 0 Å². The van der Waals surface area contributed by atoms with Gasteiger partial charge in [0.1, 0.15) is 0 Å². The van der Waals surface area contributed by atoms with Gasteiger partial charge in [-0.1, -0.05) is 33.1 Å². The minimum absolute atomic E-state index is 0.712. The molecule has 2 aliphatic carbocycles. The van der Waals surface area contributed by atoms with E-state index < -0.39 is 0 Å². The molecule has 2 atom stereocenters. The van der Waals surface area contributed by atoms with Crippen LogP contribution in [0.15, 0.2) is 0 Å². The average Bonchev–Trinajstić information content (AvgIpc) is 2.25. The van der Waals surface area contributed by atoms with Crippen LogP contribution in [0.3, 0.4) is 0 Å². The van der Waals surface area contributed by atoms with E-state index in [0.29, 0.717) is 6.04 Å². The van der Waals surface area contributed by atoms with Crippen LogP contribution < -0.4 is 5.32 Å². The van der Waals surface area contributed by atoms with E-state index in [0.717, 1.165) is 17.4 Å². The minimum Gasteiger partial charge on any atom is -0.311 e. The lowest BCUT2D eigenvalue weighted by Gasteiger charge is -2.53. The normalized spacial score (nSPS) is 30.4. The van der Waals surface area contributed by atoms with Crippen LogP contribution in [0.5, 0.6) is 0 Å². The third kappa shape index (κ3) is 2.61. The smallest absolute Gasteiger partial charge is 0.0126 e. The molecule has 0 bridgehead atoms. The summed E-state index contributed by atoms with van der Waals surface area (Å²) >= 11 is 0. The molecule has 1 heteroatoms. The molecule has 2 saturated carbocycles. The van der Waals surface area contributed by atoms with Gasteiger partial charge >= 0.3 is 0 Å². The van der Waals surface area contributed by atoms with E-state index >= 15 is 0 Å². The fraction of sp³-hybridized carbons (Fsp3) is 1.00. The van der Waals surface area contributed by atoms with Crippen molar-refractivity contribution in [2.24, 2.45) is 11.3 Å². The van der Waals surface area contributed by atoms with Crippen molar-refractivity contribution < 1.29 is 0 Å². The largest absolute Gasteiger partial charge is 0.311 e. The number of nitrogens with one attached hydrogen (secondary N) is 1. The molecule has 0 saturated heterocycles. The molecule has 2 rings (SSSR count). The predicted octanol–water partition coefficient (Wildman–Crippen LogP) is 4.12. The molecule has 1 N–H and O–H groups in total. The van der Waals surface area contributed by atoms with Crippen molar-refractivity contribution in [3.8, 4) is 0 Å². The highest BCUT2D eigenvalue weighted by molar-refractivity contribution is 5.02. The Labute approximate surface area is 101 Å². The molecule has 16 heavy (non-hydrogen) atoms. The zero-order valence-electron chi connectivity index (χ0n) is 11.4. The Hall–Kier alpha value is -0.0400. The number of hydrogen-bond acceptors (Lipinski definition) is 1. The van der Waals surface area contributed by atoms with E-state index in [9.17, 15) is 0 Å². The third-order valence-corrected chi connectivity index (χ3v) is 4.83. The fourth-order valence-electron chi connectivity index (χ4n) is 3.93. The summed E-state index contributed by atoms with van der Waals surface area (Å²) in [7, 11) is 0. The Kier molecular flexibility index (Phi) is 3.94. The summed E-state index contributed by atoms with van der Waals surface area (Å²) in [6, 6.07) is 1.56. The molecule has 0 amide bonds. The standard InChI is InChI=1S/C15H29N/c1-12(2)11-13(3)16-14-7-10-15(14)8-5-4-6-9-15/h12-14,16H,4-11H2,1-3H3. The summed E-state index contributed by atoms with van der Waals surface area (Å²) < 4.78 is 0. The molecule has 0 heterocycles. The molecule has 1 spiro atoms. The van der Waals surface area contributed by atoms with Gasteiger partial charge in [0.15, 0.2) is 0 Å². The van der Waals surface area contributed by atoms with Crippen molar-refractivity contribution in [1.29, 1.82) is 0 Å². The second-order valence-electron chi connectivity index (χ2n) is 6.71. The molecule has 1 nitrogen and oxygen atoms in total. The van der Waals surface area contributed by atoms with Crippen LogP contribution in [0, 0.1) is 11.3 Å². The number of hydrogen-bond donors (Lipinski definition) is 1. The van der Waals surface area contributed by atoms with Gasteiger partial charge in [0.05, 0.1) is 0 Å². The summed E-state index contributed by atoms with van der Waals surface area (Å²) in [5.74, 6) is 0.824. The second-order valence-corrected chi connectivity index (χ2v) is 6.71. The highest BCUT2D eigenvalue weighted by atomic mass is 15.0. The molecule has 94 valence electrons. The predicted molar refractivity (Wildman–Crippen MR) is 70.6 cm³/mol. The molecule has 0 radical (unpaired) electrons. The van der Waals surface area contributed by atoms with Crippen LogP contribution in [0.25, 0.3) is 0 Å². The molecule has 2 unspecified atom stereocenters. The average molecular weight is 223 g/mol. The molecule has 2 aliphatic rings. The second kappa shape index (κ2) is 5.08. The van der Waals surface area contributed by atoms with Gasteiger partial charge in [0.25, 0.3) is 0 Å². The quantitative estimate of drug-likeness (QED) is 0.756. The first kappa shape index (κ1) is 12.4. The van der Waals surface area contributed by atoms with Crippen LogP contribution in [-0.4, -0.2) is 12.1 Å². The molecule has 0 aromatic carbocycles. The van der Waals surface area contributed by atoms with Crippen LogP contribution in [0.1, 0.15) is 72.1 Å². The lowest BCUT2D eigenvalue weighted by molar-refractivity contribution is 0.0163. The van der Waals surface area contributed by atoms with Crippen molar-refractivity contribution in [3.05, 3.63) is 0 Å². The maximum absolute atomic E-state index is 3.91. The van der Waals surface area contributed by atoms with Gasteiger partial charge < -0.3 is 5.32 Å². The zero-order valence-corrected chi connectivity index (χ0v) is 11.4. The Morgan fingerprint density at radius 1 is 1.06 bits per heavy atom. The monoisotopic (exact) mass is 223 g/mol. The van der Waals surface area contributed by atoms with E-state index in [1.807, 2.05) is 0 Å². The first-order valence-corrected chi connectivity index (χ1v) is 7.38. The Morgan fingerprint density at radius 2 is 1.75 bits per heavy atom. The van der Waals surface area contributed by atoms with Crippen LogP contribution in [-0.2, 0) is 0 Å². The van der Waals surface area contributed by atoms with Gasteiger partial charge in [-0.2, -0.15) is 0 Å². The first-order valence-electron chi connectivity index (χ1n) is 7.38. The van der Waals surface area contributed by atoms with Crippen molar-refractivity contribution in [1.82, 2.24) is 5.32 Å². The zero-order chi connectivity index (χ0) is 11.6. The fourth-order valence-corrected chi connectivity index (χ4v) is 3.93. The molecular formula is C15H29N. The van der Waals surface area contributed by atoms with Gasteiger partial charge in [-0.25, -0.2) is 0 Å². The summed E-state index contributed by atoms with van der Waals surface area (Å²) in [4.78, 5) is 0. The maximum atomic E-state index is 3.91. The van der Waals surface area contributed by atoms with Gasteiger partial charge in [-0.05, 0) is 50.4 Å². The van der Waals surface area contributed by atoms with Gasteiger partial charge in [0, 0.05) is 12.1 Å². The molecular weight excluding hydrogens is 194 g/mol. The van der Waals surface area contributed by atoms with Crippen molar-refractivity contribution >= 4 is 0 Å². The summed E-state index contributed by atoms with van der Waals surface area (Å²) in [6.07, 6.45) is 11.7. The van der Waals surface area contributed by atoms with Crippen molar-refractivity contribution in [2.75, 3.05) is 0 Å². The topological polar surface area (TPSA) is 12.0 Å². The SMILES string of the molecule is CC(C)CC(C)NC1CCC12CCCCC2. The van der Waals surface area contributed by atoms with E-state index in [4.69, 9.17) is 0 Å². The lowest BCUT2D eigenvalue weighted by atomic mass is 9.57. The molecule has 0 aliphatic heterocycles. The van der Waals surface area contributed by atoms with E-state index in [2.05, 4.69) is 26.1 Å². The van der Waals surface area contributed by atoms with Gasteiger partial charge in [-0.3, -0.25) is 0 Å². The lowest BCUT2D eigenvalue weighted by Crippen LogP contribution is -2.56. The molecule has 0 aromatic heterocycles. The summed E-state index contributed by atoms with van der Waals surface area (Å²) in [5.41, 5.74) is 0.726. The molecule has 0 aromatic rings. The number of rotatable bonds is 4. The minimum atomic E-state index is 0.712. The van der Waals surface area contributed by atoms with Gasteiger partial charge in [-0.15, -0.1) is 0 Å². The third-order valence-electron chi connectivity index (χ3n) is 4.83. The first-order chi connectivity index (χ1) is 7.62. The summed E-state index contributed by atoms with van der Waals surface area (Å²) in [6.45, 7) is 7.03. The Balaban J connectivity index is 1.81. The summed E-state index contributed by atoms with van der Waals surface area (Å²) in [5, 5.41) is 3.91. The van der Waals surface area contributed by atoms with E-state index in [-0.39, 0.29) is 0 Å². The highest BCUT2D eigenvalue weighted by Crippen LogP contribution is 2.51. The van der Waals surface area contributed by atoms with Crippen LogP contribution in [0.2, 0.25) is 0 Å². The molecule has 2 fully saturated rings. The Bertz CT molecular complexity index is 215. The van der Waals surface area contributed by atoms with Crippen LogP contribution in [0.4, 0.5) is 0 Å². The van der Waals surface area contributed by atoms with Gasteiger partial charge in [0.2, 0.25) is 0 Å².